The summed E-state index contributed by atoms with van der Waals surface area (Å²) >= 11 is 0. The molecule has 0 aliphatic carbocycles. The van der Waals surface area contributed by atoms with Crippen LogP contribution in [0.15, 0.2) is 24.3 Å². The molecular formula is C13H21ClN2O3. The predicted octanol–water partition coefficient (Wildman–Crippen LogP) is 1.81. The molecule has 19 heavy (non-hydrogen) atoms. The second-order valence-electron chi connectivity index (χ2n) is 3.66. The molecule has 1 amide bonds. The van der Waals surface area contributed by atoms with Gasteiger partial charge in [-0.25, -0.2) is 0 Å². The van der Waals surface area contributed by atoms with Crippen molar-refractivity contribution in [2.75, 3.05) is 31.7 Å². The van der Waals surface area contributed by atoms with Crippen molar-refractivity contribution in [3.8, 4) is 5.75 Å². The summed E-state index contributed by atoms with van der Waals surface area (Å²) in [6.07, 6.45) is 0.360. The van der Waals surface area contributed by atoms with Gasteiger partial charge in [0, 0.05) is 18.8 Å². The van der Waals surface area contributed by atoms with Crippen molar-refractivity contribution in [3.63, 3.8) is 0 Å². The monoisotopic (exact) mass is 288 g/mol. The Bertz CT molecular complexity index is 357. The molecule has 108 valence electrons. The highest BCUT2D eigenvalue weighted by Gasteiger charge is 2.02. The van der Waals surface area contributed by atoms with Crippen LogP contribution in [-0.2, 0) is 9.53 Å². The molecule has 0 aliphatic rings. The van der Waals surface area contributed by atoms with Gasteiger partial charge in [-0.3, -0.25) is 4.79 Å². The van der Waals surface area contributed by atoms with E-state index in [4.69, 9.17) is 15.2 Å². The van der Waals surface area contributed by atoms with Crippen molar-refractivity contribution in [3.05, 3.63) is 24.3 Å². The first-order valence-electron chi connectivity index (χ1n) is 6.06. The van der Waals surface area contributed by atoms with E-state index in [0.717, 1.165) is 11.4 Å². The maximum atomic E-state index is 11.5. The number of carbonyl (C=O) groups is 1. The first-order chi connectivity index (χ1) is 8.76. The molecule has 0 unspecified atom stereocenters. The summed E-state index contributed by atoms with van der Waals surface area (Å²) in [4.78, 5) is 11.5. The van der Waals surface area contributed by atoms with Gasteiger partial charge in [-0.1, -0.05) is 0 Å². The Labute approximate surface area is 119 Å². The van der Waals surface area contributed by atoms with Crippen LogP contribution in [0.2, 0.25) is 0 Å². The highest BCUT2D eigenvalue weighted by atomic mass is 35.5. The molecule has 0 aliphatic heterocycles. The Hall–Kier alpha value is -1.30. The van der Waals surface area contributed by atoms with Crippen LogP contribution >= 0.6 is 12.4 Å². The number of amides is 1. The fraction of sp³-hybridized carbons (Fsp3) is 0.462. The summed E-state index contributed by atoms with van der Waals surface area (Å²) in [5.41, 5.74) is 6.08. The lowest BCUT2D eigenvalue weighted by Crippen LogP contribution is -2.14. The molecule has 1 aromatic rings. The first kappa shape index (κ1) is 17.7. The molecule has 0 bridgehead atoms. The number of benzene rings is 1. The summed E-state index contributed by atoms with van der Waals surface area (Å²) < 4.78 is 10.4. The third-order valence-electron chi connectivity index (χ3n) is 2.20. The van der Waals surface area contributed by atoms with E-state index in [0.29, 0.717) is 32.8 Å². The minimum atomic E-state index is -0.0564. The van der Waals surface area contributed by atoms with Gasteiger partial charge in [0.05, 0.1) is 13.0 Å². The highest BCUT2D eigenvalue weighted by molar-refractivity contribution is 5.90. The van der Waals surface area contributed by atoms with E-state index < -0.39 is 0 Å². The Morgan fingerprint density at radius 1 is 1.26 bits per heavy atom. The number of carbonyl (C=O) groups excluding carboxylic acids is 1. The molecule has 1 rings (SSSR count). The molecule has 3 N–H and O–H groups in total. The SMILES string of the molecule is CCOCCC(=O)Nc1ccc(OCCN)cc1.Cl. The Balaban J connectivity index is 0.00000324. The third kappa shape index (κ3) is 7.66. The van der Waals surface area contributed by atoms with Gasteiger partial charge in [-0.15, -0.1) is 12.4 Å². The average Bonchev–Trinajstić information content (AvgIpc) is 2.38. The molecule has 0 heterocycles. The molecule has 0 saturated heterocycles. The smallest absolute Gasteiger partial charge is 0.226 e. The van der Waals surface area contributed by atoms with Crippen molar-refractivity contribution >= 4 is 24.0 Å². The van der Waals surface area contributed by atoms with E-state index in [9.17, 15) is 4.79 Å². The van der Waals surface area contributed by atoms with Gasteiger partial charge in [-0.05, 0) is 31.2 Å². The normalized spacial score (nSPS) is 9.58. The van der Waals surface area contributed by atoms with E-state index in [1.165, 1.54) is 0 Å². The number of hydrogen-bond donors (Lipinski definition) is 2. The largest absolute Gasteiger partial charge is 0.492 e. The Kier molecular flexibility index (Phi) is 9.88. The van der Waals surface area contributed by atoms with Crippen molar-refractivity contribution in [2.45, 2.75) is 13.3 Å². The molecule has 0 spiro atoms. The number of hydrogen-bond acceptors (Lipinski definition) is 4. The summed E-state index contributed by atoms with van der Waals surface area (Å²) in [6, 6.07) is 7.19. The van der Waals surface area contributed by atoms with Crippen LogP contribution < -0.4 is 15.8 Å². The van der Waals surface area contributed by atoms with Gasteiger partial charge in [0.2, 0.25) is 5.91 Å². The zero-order valence-electron chi connectivity index (χ0n) is 11.1. The van der Waals surface area contributed by atoms with Crippen LogP contribution in [0.5, 0.6) is 5.75 Å². The van der Waals surface area contributed by atoms with E-state index >= 15 is 0 Å². The quantitative estimate of drug-likeness (QED) is 0.716. The van der Waals surface area contributed by atoms with Gasteiger partial charge in [-0.2, -0.15) is 0 Å². The number of nitrogens with two attached hydrogens (primary N) is 1. The number of rotatable bonds is 8. The van der Waals surface area contributed by atoms with Gasteiger partial charge >= 0.3 is 0 Å². The molecular weight excluding hydrogens is 268 g/mol. The zero-order chi connectivity index (χ0) is 13.2. The lowest BCUT2D eigenvalue weighted by molar-refractivity contribution is -0.117. The summed E-state index contributed by atoms with van der Waals surface area (Å²) in [7, 11) is 0. The second-order valence-corrected chi connectivity index (χ2v) is 3.66. The van der Waals surface area contributed by atoms with Crippen LogP contribution in [0.1, 0.15) is 13.3 Å². The minimum absolute atomic E-state index is 0. The molecule has 0 radical (unpaired) electrons. The molecule has 6 heteroatoms. The molecule has 5 nitrogen and oxygen atoms in total. The minimum Gasteiger partial charge on any atom is -0.492 e. The van der Waals surface area contributed by atoms with Crippen LogP contribution in [0.3, 0.4) is 0 Å². The van der Waals surface area contributed by atoms with Crippen LogP contribution in [-0.4, -0.2) is 32.3 Å². The van der Waals surface area contributed by atoms with Crippen molar-refractivity contribution in [2.24, 2.45) is 5.73 Å². The maximum absolute atomic E-state index is 11.5. The summed E-state index contributed by atoms with van der Waals surface area (Å²) in [5, 5.41) is 2.78. The first-order valence-corrected chi connectivity index (χ1v) is 6.06. The third-order valence-corrected chi connectivity index (χ3v) is 2.20. The van der Waals surface area contributed by atoms with Crippen LogP contribution in [0.4, 0.5) is 5.69 Å². The molecule has 1 aromatic carbocycles. The summed E-state index contributed by atoms with van der Waals surface area (Å²) in [5.74, 6) is 0.687. The Morgan fingerprint density at radius 3 is 2.53 bits per heavy atom. The lowest BCUT2D eigenvalue weighted by atomic mass is 10.3. The lowest BCUT2D eigenvalue weighted by Gasteiger charge is -2.07. The average molecular weight is 289 g/mol. The highest BCUT2D eigenvalue weighted by Crippen LogP contribution is 2.15. The second kappa shape index (κ2) is 10.6. The van der Waals surface area contributed by atoms with Gasteiger partial charge in [0.25, 0.3) is 0 Å². The van der Waals surface area contributed by atoms with Crippen molar-refractivity contribution in [1.29, 1.82) is 0 Å². The van der Waals surface area contributed by atoms with E-state index in [-0.39, 0.29) is 18.3 Å². The number of ether oxygens (including phenoxy) is 2. The Morgan fingerprint density at radius 2 is 1.95 bits per heavy atom. The molecule has 0 atom stereocenters. The van der Waals surface area contributed by atoms with Gasteiger partial charge < -0.3 is 20.5 Å². The van der Waals surface area contributed by atoms with Crippen molar-refractivity contribution < 1.29 is 14.3 Å². The van der Waals surface area contributed by atoms with Crippen molar-refractivity contribution in [1.82, 2.24) is 0 Å². The number of anilines is 1. The number of halogens is 1. The zero-order valence-corrected chi connectivity index (χ0v) is 11.9. The predicted molar refractivity (Wildman–Crippen MR) is 78.0 cm³/mol. The van der Waals surface area contributed by atoms with Crippen LogP contribution in [0.25, 0.3) is 0 Å². The summed E-state index contributed by atoms with van der Waals surface area (Å²) in [6.45, 7) is 3.94. The van der Waals surface area contributed by atoms with E-state index in [1.807, 2.05) is 6.92 Å². The van der Waals surface area contributed by atoms with E-state index in [1.54, 1.807) is 24.3 Å². The maximum Gasteiger partial charge on any atom is 0.226 e. The topological polar surface area (TPSA) is 73.6 Å². The van der Waals surface area contributed by atoms with Gasteiger partial charge in [0.1, 0.15) is 12.4 Å². The fourth-order valence-corrected chi connectivity index (χ4v) is 1.34. The number of nitrogens with one attached hydrogen (secondary N) is 1. The molecule has 0 saturated carbocycles. The fourth-order valence-electron chi connectivity index (χ4n) is 1.34. The molecule has 0 aromatic heterocycles. The van der Waals surface area contributed by atoms with E-state index in [2.05, 4.69) is 5.32 Å². The standard InChI is InChI=1S/C13H20N2O3.ClH/c1-2-17-9-7-13(16)15-11-3-5-12(6-4-11)18-10-8-14;/h3-6H,2,7-10,14H2,1H3,(H,15,16);1H. The van der Waals surface area contributed by atoms with Crippen LogP contribution in [0, 0.1) is 0 Å². The molecule has 0 fully saturated rings. The van der Waals surface area contributed by atoms with Gasteiger partial charge in [0.15, 0.2) is 0 Å².